The van der Waals surface area contributed by atoms with Gasteiger partial charge in [0, 0.05) is 12.6 Å². The van der Waals surface area contributed by atoms with E-state index in [2.05, 4.69) is 0 Å². The van der Waals surface area contributed by atoms with Crippen molar-refractivity contribution in [1.82, 2.24) is 4.90 Å². The summed E-state index contributed by atoms with van der Waals surface area (Å²) in [5.74, 6) is 2.21. The number of methoxy groups -OCH3 is 2. The minimum absolute atomic E-state index is 0.0500. The van der Waals surface area contributed by atoms with E-state index in [4.69, 9.17) is 14.2 Å². The SMILES string of the molecule is COc1ccc(OCCN(C)C(=O)c2ccc(OC)cc2)cc1. The van der Waals surface area contributed by atoms with Gasteiger partial charge in [-0.25, -0.2) is 0 Å². The molecule has 0 unspecified atom stereocenters. The molecule has 0 spiro atoms. The third-order valence-corrected chi connectivity index (χ3v) is 3.44. The van der Waals surface area contributed by atoms with Crippen LogP contribution in [0.4, 0.5) is 0 Å². The topological polar surface area (TPSA) is 48.0 Å². The highest BCUT2D eigenvalue weighted by atomic mass is 16.5. The first-order valence-corrected chi connectivity index (χ1v) is 7.30. The number of carbonyl (C=O) groups excluding carboxylic acids is 1. The van der Waals surface area contributed by atoms with Crippen molar-refractivity contribution in [1.29, 1.82) is 0 Å². The summed E-state index contributed by atoms with van der Waals surface area (Å²) in [5.41, 5.74) is 0.623. The average molecular weight is 315 g/mol. The Balaban J connectivity index is 1.83. The molecule has 0 aliphatic heterocycles. The van der Waals surface area contributed by atoms with Crippen LogP contribution in [-0.4, -0.2) is 45.2 Å². The number of benzene rings is 2. The highest BCUT2D eigenvalue weighted by Crippen LogP contribution is 2.17. The lowest BCUT2D eigenvalue weighted by Crippen LogP contribution is -2.30. The molecule has 0 heterocycles. The molecule has 2 aromatic carbocycles. The van der Waals surface area contributed by atoms with Crippen LogP contribution < -0.4 is 14.2 Å². The summed E-state index contributed by atoms with van der Waals surface area (Å²) < 4.78 is 15.8. The number of likely N-dealkylation sites (N-methyl/N-ethyl adjacent to an activating group) is 1. The third kappa shape index (κ3) is 4.64. The molecule has 122 valence electrons. The fraction of sp³-hybridized carbons (Fsp3) is 0.278. The number of carbonyl (C=O) groups is 1. The molecule has 0 bridgehead atoms. The van der Waals surface area contributed by atoms with Crippen molar-refractivity contribution in [3.8, 4) is 17.2 Å². The fourth-order valence-electron chi connectivity index (χ4n) is 2.03. The molecule has 2 aromatic rings. The molecule has 2 rings (SSSR count). The zero-order chi connectivity index (χ0) is 16.7. The van der Waals surface area contributed by atoms with Gasteiger partial charge in [-0.3, -0.25) is 4.79 Å². The minimum atomic E-state index is -0.0500. The monoisotopic (exact) mass is 315 g/mol. The maximum absolute atomic E-state index is 12.3. The molecule has 0 aliphatic rings. The molecule has 0 aromatic heterocycles. The summed E-state index contributed by atoms with van der Waals surface area (Å²) in [4.78, 5) is 13.9. The predicted octanol–water partition coefficient (Wildman–Crippen LogP) is 2.85. The van der Waals surface area contributed by atoms with Gasteiger partial charge in [0.1, 0.15) is 23.9 Å². The Morgan fingerprint density at radius 2 is 1.35 bits per heavy atom. The summed E-state index contributed by atoms with van der Waals surface area (Å²) >= 11 is 0. The maximum atomic E-state index is 12.3. The Kier molecular flexibility index (Phi) is 5.86. The molecule has 5 nitrogen and oxygen atoms in total. The largest absolute Gasteiger partial charge is 0.497 e. The molecule has 5 heteroatoms. The standard InChI is InChI=1S/C18H21NO4/c1-19(18(20)14-4-6-15(21-2)7-5-14)12-13-23-17-10-8-16(22-3)9-11-17/h4-11H,12-13H2,1-3H3. The number of rotatable bonds is 7. The van der Waals surface area contributed by atoms with E-state index in [-0.39, 0.29) is 5.91 Å². The second-order valence-corrected chi connectivity index (χ2v) is 4.98. The molecule has 0 radical (unpaired) electrons. The first-order chi connectivity index (χ1) is 11.1. The smallest absolute Gasteiger partial charge is 0.253 e. The molecule has 0 aliphatic carbocycles. The zero-order valence-electron chi connectivity index (χ0n) is 13.6. The fourth-order valence-corrected chi connectivity index (χ4v) is 2.03. The molecule has 1 amide bonds. The minimum Gasteiger partial charge on any atom is -0.497 e. The lowest BCUT2D eigenvalue weighted by atomic mass is 10.2. The summed E-state index contributed by atoms with van der Waals surface area (Å²) in [7, 11) is 4.97. The number of hydrogen-bond acceptors (Lipinski definition) is 4. The van der Waals surface area contributed by atoms with Gasteiger partial charge in [-0.2, -0.15) is 0 Å². The quantitative estimate of drug-likeness (QED) is 0.788. The van der Waals surface area contributed by atoms with E-state index in [9.17, 15) is 4.79 Å². The van der Waals surface area contributed by atoms with E-state index in [1.807, 2.05) is 24.3 Å². The Morgan fingerprint density at radius 3 is 1.87 bits per heavy atom. The van der Waals surface area contributed by atoms with Crippen LogP contribution in [0, 0.1) is 0 Å². The van der Waals surface area contributed by atoms with Crippen LogP contribution in [0.25, 0.3) is 0 Å². The van der Waals surface area contributed by atoms with Gasteiger partial charge in [0.2, 0.25) is 0 Å². The van der Waals surface area contributed by atoms with Gasteiger partial charge < -0.3 is 19.1 Å². The van der Waals surface area contributed by atoms with Gasteiger partial charge in [0.05, 0.1) is 20.8 Å². The molecule has 0 N–H and O–H groups in total. The van der Waals surface area contributed by atoms with Crippen molar-refractivity contribution < 1.29 is 19.0 Å². The second-order valence-electron chi connectivity index (χ2n) is 4.98. The third-order valence-electron chi connectivity index (χ3n) is 3.44. The van der Waals surface area contributed by atoms with Crippen molar-refractivity contribution in [2.24, 2.45) is 0 Å². The van der Waals surface area contributed by atoms with Crippen LogP contribution in [0.15, 0.2) is 48.5 Å². The van der Waals surface area contributed by atoms with Gasteiger partial charge in [0.15, 0.2) is 0 Å². The molecule has 0 atom stereocenters. The van der Waals surface area contributed by atoms with E-state index >= 15 is 0 Å². The first kappa shape index (κ1) is 16.7. The highest BCUT2D eigenvalue weighted by molar-refractivity contribution is 5.94. The first-order valence-electron chi connectivity index (χ1n) is 7.30. The Labute approximate surface area is 136 Å². The van der Waals surface area contributed by atoms with Crippen LogP contribution in [0.3, 0.4) is 0 Å². The van der Waals surface area contributed by atoms with Crippen molar-refractivity contribution in [2.45, 2.75) is 0 Å². The Bertz CT molecular complexity index is 622. The van der Waals surface area contributed by atoms with Crippen molar-refractivity contribution in [3.05, 3.63) is 54.1 Å². The molecule has 0 saturated carbocycles. The maximum Gasteiger partial charge on any atom is 0.253 e. The van der Waals surface area contributed by atoms with Crippen LogP contribution in [-0.2, 0) is 0 Å². The number of ether oxygens (including phenoxy) is 3. The highest BCUT2D eigenvalue weighted by Gasteiger charge is 2.11. The van der Waals surface area contributed by atoms with Crippen molar-refractivity contribution in [3.63, 3.8) is 0 Å². The van der Waals surface area contributed by atoms with E-state index < -0.39 is 0 Å². The molecular weight excluding hydrogens is 294 g/mol. The van der Waals surface area contributed by atoms with Gasteiger partial charge in [0.25, 0.3) is 5.91 Å². The van der Waals surface area contributed by atoms with E-state index in [1.165, 1.54) is 0 Å². The van der Waals surface area contributed by atoms with Crippen LogP contribution >= 0.6 is 0 Å². The van der Waals surface area contributed by atoms with Gasteiger partial charge in [-0.15, -0.1) is 0 Å². The summed E-state index contributed by atoms with van der Waals surface area (Å²) in [5, 5.41) is 0. The predicted molar refractivity (Wildman–Crippen MR) is 88.4 cm³/mol. The second kappa shape index (κ2) is 8.08. The van der Waals surface area contributed by atoms with E-state index in [0.29, 0.717) is 18.7 Å². The summed E-state index contributed by atoms with van der Waals surface area (Å²) in [6.07, 6.45) is 0. The van der Waals surface area contributed by atoms with Crippen LogP contribution in [0.5, 0.6) is 17.2 Å². The van der Waals surface area contributed by atoms with Gasteiger partial charge >= 0.3 is 0 Å². The van der Waals surface area contributed by atoms with Gasteiger partial charge in [-0.05, 0) is 48.5 Å². The molecular formula is C18H21NO4. The molecule has 0 saturated heterocycles. The normalized spacial score (nSPS) is 10.0. The molecule has 0 fully saturated rings. The average Bonchev–Trinajstić information content (AvgIpc) is 2.61. The lowest BCUT2D eigenvalue weighted by Gasteiger charge is -2.17. The summed E-state index contributed by atoms with van der Waals surface area (Å²) in [6.45, 7) is 0.918. The van der Waals surface area contributed by atoms with Crippen molar-refractivity contribution >= 4 is 5.91 Å². The van der Waals surface area contributed by atoms with E-state index in [1.54, 1.807) is 50.4 Å². The van der Waals surface area contributed by atoms with Crippen LogP contribution in [0.1, 0.15) is 10.4 Å². The lowest BCUT2D eigenvalue weighted by molar-refractivity contribution is 0.0773. The van der Waals surface area contributed by atoms with Crippen molar-refractivity contribution in [2.75, 3.05) is 34.4 Å². The van der Waals surface area contributed by atoms with E-state index in [0.717, 1.165) is 17.2 Å². The number of amides is 1. The summed E-state index contributed by atoms with van der Waals surface area (Å²) in [6, 6.07) is 14.4. The number of nitrogens with zero attached hydrogens (tertiary/aromatic N) is 1. The zero-order valence-corrected chi connectivity index (χ0v) is 13.6. The molecule has 23 heavy (non-hydrogen) atoms. The Morgan fingerprint density at radius 1 is 0.870 bits per heavy atom. The Hall–Kier alpha value is -2.69. The number of hydrogen-bond donors (Lipinski definition) is 0. The van der Waals surface area contributed by atoms with Gasteiger partial charge in [-0.1, -0.05) is 0 Å². The van der Waals surface area contributed by atoms with Crippen LogP contribution in [0.2, 0.25) is 0 Å².